The molecule has 1 aliphatic heterocycles. The van der Waals surface area contributed by atoms with E-state index in [9.17, 15) is 19.8 Å². The van der Waals surface area contributed by atoms with E-state index in [1.165, 1.54) is 0 Å². The minimum atomic E-state index is -1.05. The molecule has 0 aromatic carbocycles. The normalized spacial score (nSPS) is 23.7. The van der Waals surface area contributed by atoms with Crippen molar-refractivity contribution in [3.05, 3.63) is 11.3 Å². The summed E-state index contributed by atoms with van der Waals surface area (Å²) >= 11 is 0. The Bertz CT molecular complexity index is 479. The Morgan fingerprint density at radius 1 is 1.24 bits per heavy atom. The standard InChI is InChI=1S/C16H25NO4/c1-5-7-8-11(6-2)14-12(15(18)19)9(3)17-10(4)13(14)16(20)21/h11-12,14H,5-8H2,1-4H3,(H,18,19)(H,20,21). The van der Waals surface area contributed by atoms with E-state index in [-0.39, 0.29) is 11.5 Å². The number of rotatable bonds is 7. The highest BCUT2D eigenvalue weighted by atomic mass is 16.4. The van der Waals surface area contributed by atoms with Gasteiger partial charge in [0.1, 0.15) is 5.92 Å². The topological polar surface area (TPSA) is 87.0 Å². The van der Waals surface area contributed by atoms with Crippen LogP contribution in [0.1, 0.15) is 53.4 Å². The van der Waals surface area contributed by atoms with Gasteiger partial charge in [0.05, 0.1) is 5.57 Å². The summed E-state index contributed by atoms with van der Waals surface area (Å²) in [5, 5.41) is 19.1. The van der Waals surface area contributed by atoms with Gasteiger partial charge in [0.15, 0.2) is 0 Å². The number of aliphatic imine (C=N–C) groups is 1. The minimum absolute atomic E-state index is 0.0533. The van der Waals surface area contributed by atoms with Crippen LogP contribution in [0.25, 0.3) is 0 Å². The molecule has 0 radical (unpaired) electrons. The number of hydrogen-bond acceptors (Lipinski definition) is 3. The molecule has 0 spiro atoms. The van der Waals surface area contributed by atoms with E-state index in [1.54, 1.807) is 13.8 Å². The molecule has 0 aromatic rings. The summed E-state index contributed by atoms with van der Waals surface area (Å²) < 4.78 is 0. The van der Waals surface area contributed by atoms with Gasteiger partial charge in [-0.3, -0.25) is 9.79 Å². The predicted octanol–water partition coefficient (Wildman–Crippen LogP) is 3.35. The van der Waals surface area contributed by atoms with Crippen LogP contribution >= 0.6 is 0 Å². The van der Waals surface area contributed by atoms with Gasteiger partial charge in [-0.25, -0.2) is 4.79 Å². The molecule has 0 fully saturated rings. The van der Waals surface area contributed by atoms with E-state index in [0.717, 1.165) is 25.7 Å². The van der Waals surface area contributed by atoms with Crippen LogP contribution in [-0.2, 0) is 9.59 Å². The quantitative estimate of drug-likeness (QED) is 0.754. The highest BCUT2D eigenvalue weighted by Crippen LogP contribution is 2.39. The van der Waals surface area contributed by atoms with Crippen molar-refractivity contribution >= 4 is 17.7 Å². The maximum Gasteiger partial charge on any atom is 0.333 e. The molecular formula is C16H25NO4. The van der Waals surface area contributed by atoms with Gasteiger partial charge in [0, 0.05) is 17.3 Å². The van der Waals surface area contributed by atoms with Gasteiger partial charge in [0.25, 0.3) is 0 Å². The molecule has 1 rings (SSSR count). The second-order valence-corrected chi connectivity index (χ2v) is 5.71. The second kappa shape index (κ2) is 7.38. The van der Waals surface area contributed by atoms with Crippen LogP contribution in [0.5, 0.6) is 0 Å². The van der Waals surface area contributed by atoms with E-state index in [0.29, 0.717) is 11.4 Å². The summed E-state index contributed by atoms with van der Waals surface area (Å²) in [5.74, 6) is -3.30. The van der Waals surface area contributed by atoms with Crippen LogP contribution < -0.4 is 0 Å². The molecule has 3 atom stereocenters. The zero-order chi connectivity index (χ0) is 16.2. The van der Waals surface area contributed by atoms with Gasteiger partial charge >= 0.3 is 11.9 Å². The first-order valence-electron chi connectivity index (χ1n) is 7.57. The van der Waals surface area contributed by atoms with Crippen molar-refractivity contribution in [1.29, 1.82) is 0 Å². The largest absolute Gasteiger partial charge is 0.481 e. The summed E-state index contributed by atoms with van der Waals surface area (Å²) in [7, 11) is 0. The van der Waals surface area contributed by atoms with E-state index in [2.05, 4.69) is 11.9 Å². The van der Waals surface area contributed by atoms with Gasteiger partial charge in [0.2, 0.25) is 0 Å². The summed E-state index contributed by atoms with van der Waals surface area (Å²) in [4.78, 5) is 27.4. The molecule has 0 saturated heterocycles. The third kappa shape index (κ3) is 3.71. The molecule has 0 bridgehead atoms. The van der Waals surface area contributed by atoms with Crippen molar-refractivity contribution in [2.75, 3.05) is 0 Å². The van der Waals surface area contributed by atoms with Crippen LogP contribution in [0.15, 0.2) is 16.3 Å². The molecule has 5 nitrogen and oxygen atoms in total. The Hall–Kier alpha value is -1.65. The summed E-state index contributed by atoms with van der Waals surface area (Å²) in [6.45, 7) is 7.41. The first kappa shape index (κ1) is 17.4. The number of aliphatic carboxylic acids is 2. The fraction of sp³-hybridized carbons (Fsp3) is 0.688. The lowest BCUT2D eigenvalue weighted by Crippen LogP contribution is -2.40. The number of hydrogen-bond donors (Lipinski definition) is 2. The van der Waals surface area contributed by atoms with E-state index in [1.807, 2.05) is 6.92 Å². The lowest BCUT2D eigenvalue weighted by atomic mass is 9.70. The predicted molar refractivity (Wildman–Crippen MR) is 81.4 cm³/mol. The fourth-order valence-corrected chi connectivity index (χ4v) is 3.30. The minimum Gasteiger partial charge on any atom is -0.481 e. The van der Waals surface area contributed by atoms with Crippen LogP contribution in [0, 0.1) is 17.8 Å². The van der Waals surface area contributed by atoms with Crippen LogP contribution in [0.4, 0.5) is 0 Å². The first-order chi connectivity index (χ1) is 9.84. The molecule has 0 amide bonds. The first-order valence-corrected chi connectivity index (χ1v) is 7.57. The molecule has 2 N–H and O–H groups in total. The highest BCUT2D eigenvalue weighted by molar-refractivity contribution is 6.04. The van der Waals surface area contributed by atoms with Gasteiger partial charge in [-0.1, -0.05) is 33.1 Å². The summed E-state index contributed by atoms with van der Waals surface area (Å²) in [5.41, 5.74) is 1.12. The fourth-order valence-electron chi connectivity index (χ4n) is 3.30. The molecule has 0 aliphatic carbocycles. The number of allylic oxidation sites excluding steroid dienone is 1. The monoisotopic (exact) mass is 295 g/mol. The summed E-state index contributed by atoms with van der Waals surface area (Å²) in [6, 6.07) is 0. The molecule has 1 heterocycles. The molecule has 3 unspecified atom stereocenters. The lowest BCUT2D eigenvalue weighted by molar-refractivity contribution is -0.141. The van der Waals surface area contributed by atoms with Crippen molar-refractivity contribution in [3.63, 3.8) is 0 Å². The number of nitrogens with zero attached hydrogens (tertiary/aromatic N) is 1. The van der Waals surface area contributed by atoms with Crippen molar-refractivity contribution in [3.8, 4) is 0 Å². The molecular weight excluding hydrogens is 270 g/mol. The zero-order valence-corrected chi connectivity index (χ0v) is 13.2. The molecule has 118 valence electrons. The van der Waals surface area contributed by atoms with E-state index < -0.39 is 23.8 Å². The Morgan fingerprint density at radius 2 is 1.86 bits per heavy atom. The number of unbranched alkanes of at least 4 members (excludes halogenated alkanes) is 1. The van der Waals surface area contributed by atoms with Gasteiger partial charge in [-0.15, -0.1) is 0 Å². The number of carbonyl (C=O) groups is 2. The third-order valence-corrected chi connectivity index (χ3v) is 4.33. The van der Waals surface area contributed by atoms with Gasteiger partial charge in [-0.2, -0.15) is 0 Å². The lowest BCUT2D eigenvalue weighted by Gasteiger charge is -2.35. The van der Waals surface area contributed by atoms with Crippen LogP contribution in [0.3, 0.4) is 0 Å². The molecule has 0 saturated carbocycles. The SMILES string of the molecule is CCCCC(CC)C1C(C(=O)O)=C(C)N=C(C)C1C(=O)O. The average Bonchev–Trinajstić information content (AvgIpc) is 2.37. The highest BCUT2D eigenvalue weighted by Gasteiger charge is 2.43. The molecule has 21 heavy (non-hydrogen) atoms. The van der Waals surface area contributed by atoms with E-state index in [4.69, 9.17) is 0 Å². The third-order valence-electron chi connectivity index (χ3n) is 4.33. The second-order valence-electron chi connectivity index (χ2n) is 5.71. The molecule has 0 aromatic heterocycles. The smallest absolute Gasteiger partial charge is 0.333 e. The Labute approximate surface area is 125 Å². The van der Waals surface area contributed by atoms with Crippen molar-refractivity contribution in [2.24, 2.45) is 22.7 Å². The maximum atomic E-state index is 11.6. The van der Waals surface area contributed by atoms with Crippen molar-refractivity contribution < 1.29 is 19.8 Å². The Morgan fingerprint density at radius 3 is 2.29 bits per heavy atom. The van der Waals surface area contributed by atoms with Crippen molar-refractivity contribution in [2.45, 2.75) is 53.4 Å². The van der Waals surface area contributed by atoms with Crippen LogP contribution in [0.2, 0.25) is 0 Å². The zero-order valence-electron chi connectivity index (χ0n) is 13.2. The Balaban J connectivity index is 3.32. The van der Waals surface area contributed by atoms with Gasteiger partial charge in [-0.05, 0) is 26.2 Å². The maximum absolute atomic E-state index is 11.6. The number of carboxylic acids is 2. The van der Waals surface area contributed by atoms with E-state index >= 15 is 0 Å². The average molecular weight is 295 g/mol. The number of carboxylic acid groups (broad SMARTS) is 2. The van der Waals surface area contributed by atoms with Crippen molar-refractivity contribution in [1.82, 2.24) is 0 Å². The van der Waals surface area contributed by atoms with Gasteiger partial charge < -0.3 is 10.2 Å². The Kier molecular flexibility index (Phi) is 6.12. The molecule has 1 aliphatic rings. The molecule has 5 heteroatoms. The summed E-state index contributed by atoms with van der Waals surface area (Å²) in [6.07, 6.45) is 3.60. The van der Waals surface area contributed by atoms with Crippen LogP contribution in [-0.4, -0.2) is 27.9 Å².